The van der Waals surface area contributed by atoms with Crippen LogP contribution in [0.2, 0.25) is 5.02 Å². The van der Waals surface area contributed by atoms with Gasteiger partial charge in [-0.25, -0.2) is 4.39 Å². The average Bonchev–Trinajstić information content (AvgIpc) is 2.49. The monoisotopic (exact) mass is 320 g/mol. The Labute approximate surface area is 130 Å². The fraction of sp³-hybridized carbons (Fsp3) is 0.0667. The minimum atomic E-state index is -1.40. The molecule has 7 heteroatoms. The second-order valence-electron chi connectivity index (χ2n) is 4.60. The Balaban J connectivity index is 1.79. The van der Waals surface area contributed by atoms with Crippen molar-refractivity contribution in [2.45, 2.75) is 6.10 Å². The van der Waals surface area contributed by atoms with Crippen LogP contribution in [-0.4, -0.2) is 17.9 Å². The molecule has 112 valence electrons. The van der Waals surface area contributed by atoms with Crippen LogP contribution in [-0.2, 0) is 9.59 Å². The molecule has 0 fully saturated rings. The minimum absolute atomic E-state index is 0.0790. The quantitative estimate of drug-likeness (QED) is 0.836. The van der Waals surface area contributed by atoms with Gasteiger partial charge in [0.25, 0.3) is 17.9 Å². The first kappa shape index (κ1) is 14.3. The summed E-state index contributed by atoms with van der Waals surface area (Å²) >= 11 is 5.64. The molecule has 0 spiro atoms. The van der Waals surface area contributed by atoms with Crippen molar-refractivity contribution in [2.75, 3.05) is 10.6 Å². The van der Waals surface area contributed by atoms with E-state index >= 15 is 0 Å². The van der Waals surface area contributed by atoms with Crippen LogP contribution < -0.4 is 15.4 Å². The largest absolute Gasteiger partial charge is 0.468 e. The number of carbonyl (C=O) groups excluding carboxylic acids is 2. The lowest BCUT2D eigenvalue weighted by molar-refractivity contribution is -0.133. The number of hydrogen-bond donors (Lipinski definition) is 2. The summed E-state index contributed by atoms with van der Waals surface area (Å²) in [6, 6.07) is 10.5. The summed E-state index contributed by atoms with van der Waals surface area (Å²) in [4.78, 5) is 24.0. The summed E-state index contributed by atoms with van der Waals surface area (Å²) in [5, 5.41) is 5.08. The number of amides is 2. The highest BCUT2D eigenvalue weighted by molar-refractivity contribution is 6.30. The normalized spacial score (nSPS) is 16.3. The van der Waals surface area contributed by atoms with Gasteiger partial charge in [-0.15, -0.1) is 0 Å². The molecule has 1 aliphatic heterocycles. The van der Waals surface area contributed by atoms with Crippen molar-refractivity contribution in [1.82, 2.24) is 0 Å². The molecule has 2 N–H and O–H groups in total. The highest BCUT2D eigenvalue weighted by Gasteiger charge is 2.34. The van der Waals surface area contributed by atoms with Gasteiger partial charge in [0.2, 0.25) is 0 Å². The molecule has 0 saturated heterocycles. The molecule has 1 atom stereocenters. The lowest BCUT2D eigenvalue weighted by Gasteiger charge is -2.24. The van der Waals surface area contributed by atoms with E-state index in [1.54, 1.807) is 24.3 Å². The zero-order chi connectivity index (χ0) is 15.7. The third-order valence-corrected chi connectivity index (χ3v) is 3.29. The molecule has 0 aromatic heterocycles. The van der Waals surface area contributed by atoms with Gasteiger partial charge < -0.3 is 15.4 Å². The third kappa shape index (κ3) is 2.73. The Bertz CT molecular complexity index is 766. The summed E-state index contributed by atoms with van der Waals surface area (Å²) in [6.45, 7) is 0. The van der Waals surface area contributed by atoms with Gasteiger partial charge in [0, 0.05) is 5.02 Å². The first-order chi connectivity index (χ1) is 10.5. The number of nitrogens with one attached hydrogen (secondary N) is 2. The predicted molar refractivity (Wildman–Crippen MR) is 79.5 cm³/mol. The number of hydrogen-bond acceptors (Lipinski definition) is 3. The molecule has 2 aromatic carbocycles. The Morgan fingerprint density at radius 1 is 1.27 bits per heavy atom. The maximum Gasteiger partial charge on any atom is 0.275 e. The summed E-state index contributed by atoms with van der Waals surface area (Å²) in [5.74, 6) is -1.71. The molecule has 0 aliphatic carbocycles. The fourth-order valence-electron chi connectivity index (χ4n) is 2.01. The SMILES string of the molecule is O=C(Nc1ccc(Cl)cc1F)[C@H]1Oc2ccccc2NC1=O. The second kappa shape index (κ2) is 5.65. The lowest BCUT2D eigenvalue weighted by Crippen LogP contribution is -2.45. The molecular formula is C15H10ClFN2O3. The van der Waals surface area contributed by atoms with Crippen molar-refractivity contribution in [1.29, 1.82) is 0 Å². The van der Waals surface area contributed by atoms with Crippen molar-refractivity contribution < 1.29 is 18.7 Å². The summed E-state index contributed by atoms with van der Waals surface area (Å²) < 4.78 is 19.0. The number of para-hydroxylation sites is 2. The molecule has 5 nitrogen and oxygen atoms in total. The van der Waals surface area contributed by atoms with E-state index in [9.17, 15) is 14.0 Å². The van der Waals surface area contributed by atoms with Crippen LogP contribution in [0.4, 0.5) is 15.8 Å². The topological polar surface area (TPSA) is 67.4 Å². The van der Waals surface area contributed by atoms with Crippen molar-refractivity contribution in [2.24, 2.45) is 0 Å². The fourth-order valence-corrected chi connectivity index (χ4v) is 2.17. The van der Waals surface area contributed by atoms with E-state index in [-0.39, 0.29) is 10.7 Å². The molecule has 22 heavy (non-hydrogen) atoms. The van der Waals surface area contributed by atoms with Crippen LogP contribution in [0.5, 0.6) is 5.75 Å². The van der Waals surface area contributed by atoms with Crippen LogP contribution in [0, 0.1) is 5.82 Å². The van der Waals surface area contributed by atoms with Gasteiger partial charge in [-0.3, -0.25) is 9.59 Å². The zero-order valence-electron chi connectivity index (χ0n) is 11.1. The number of fused-ring (bicyclic) bond motifs is 1. The molecule has 3 rings (SSSR count). The second-order valence-corrected chi connectivity index (χ2v) is 5.03. The highest BCUT2D eigenvalue weighted by Crippen LogP contribution is 2.29. The van der Waals surface area contributed by atoms with E-state index in [0.29, 0.717) is 11.4 Å². The number of carbonyl (C=O) groups is 2. The zero-order valence-corrected chi connectivity index (χ0v) is 11.9. The molecular weight excluding hydrogens is 311 g/mol. The van der Waals surface area contributed by atoms with Crippen LogP contribution in [0.15, 0.2) is 42.5 Å². The van der Waals surface area contributed by atoms with Crippen LogP contribution in [0.1, 0.15) is 0 Å². The maximum absolute atomic E-state index is 13.7. The van der Waals surface area contributed by atoms with Gasteiger partial charge in [-0.2, -0.15) is 0 Å². The van der Waals surface area contributed by atoms with E-state index < -0.39 is 23.7 Å². The first-order valence-corrected chi connectivity index (χ1v) is 6.75. The van der Waals surface area contributed by atoms with E-state index in [4.69, 9.17) is 16.3 Å². The van der Waals surface area contributed by atoms with E-state index in [2.05, 4.69) is 10.6 Å². The summed E-state index contributed by atoms with van der Waals surface area (Å²) in [5.41, 5.74) is 0.402. The number of rotatable bonds is 2. The van der Waals surface area contributed by atoms with Crippen molar-refractivity contribution in [3.8, 4) is 5.75 Å². The molecule has 1 aliphatic rings. The van der Waals surface area contributed by atoms with Crippen LogP contribution in [0.3, 0.4) is 0 Å². The smallest absolute Gasteiger partial charge is 0.275 e. The van der Waals surface area contributed by atoms with Crippen molar-refractivity contribution in [3.05, 3.63) is 53.3 Å². The number of benzene rings is 2. The predicted octanol–water partition coefficient (Wildman–Crippen LogP) is 2.82. The molecule has 2 aromatic rings. The van der Waals surface area contributed by atoms with Crippen molar-refractivity contribution >= 4 is 34.8 Å². The number of anilines is 2. The van der Waals surface area contributed by atoms with E-state index in [1.807, 2.05) is 0 Å². The van der Waals surface area contributed by atoms with Gasteiger partial charge in [0.15, 0.2) is 0 Å². The van der Waals surface area contributed by atoms with Gasteiger partial charge in [-0.1, -0.05) is 23.7 Å². The molecule has 0 bridgehead atoms. The molecule has 0 unspecified atom stereocenters. The standard InChI is InChI=1S/C15H10ClFN2O3/c16-8-5-6-10(9(17)7-8)18-14(20)13-15(21)19-11-3-1-2-4-12(11)22-13/h1-7,13H,(H,18,20)(H,19,21)/t13-/m1/s1. The van der Waals surface area contributed by atoms with Crippen LogP contribution >= 0.6 is 11.6 Å². The lowest BCUT2D eigenvalue weighted by atomic mass is 10.2. The highest BCUT2D eigenvalue weighted by atomic mass is 35.5. The Morgan fingerprint density at radius 2 is 2.05 bits per heavy atom. The van der Waals surface area contributed by atoms with E-state index in [1.165, 1.54) is 12.1 Å². The van der Waals surface area contributed by atoms with Crippen molar-refractivity contribution in [3.63, 3.8) is 0 Å². The molecule has 0 saturated carbocycles. The Kier molecular flexibility index (Phi) is 3.68. The van der Waals surface area contributed by atoms with E-state index in [0.717, 1.165) is 6.07 Å². The van der Waals surface area contributed by atoms with Gasteiger partial charge >= 0.3 is 0 Å². The number of halogens is 2. The molecule has 2 amide bonds. The maximum atomic E-state index is 13.7. The number of ether oxygens (including phenoxy) is 1. The minimum Gasteiger partial charge on any atom is -0.468 e. The van der Waals surface area contributed by atoms with Gasteiger partial charge in [-0.05, 0) is 30.3 Å². The Morgan fingerprint density at radius 3 is 2.82 bits per heavy atom. The molecule has 1 heterocycles. The van der Waals surface area contributed by atoms with Gasteiger partial charge in [0.05, 0.1) is 11.4 Å². The third-order valence-electron chi connectivity index (χ3n) is 3.06. The molecule has 0 radical (unpaired) electrons. The first-order valence-electron chi connectivity index (χ1n) is 6.37. The average molecular weight is 321 g/mol. The summed E-state index contributed by atoms with van der Waals surface area (Å²) in [6.07, 6.45) is -1.40. The van der Waals surface area contributed by atoms with Gasteiger partial charge in [0.1, 0.15) is 11.6 Å². The summed E-state index contributed by atoms with van der Waals surface area (Å²) in [7, 11) is 0. The van der Waals surface area contributed by atoms with Crippen LogP contribution in [0.25, 0.3) is 0 Å². The Hall–Kier alpha value is -2.60.